The van der Waals surface area contributed by atoms with Gasteiger partial charge in [-0.05, 0) is 52.0 Å². The van der Waals surface area contributed by atoms with E-state index in [2.05, 4.69) is 0 Å². The van der Waals surface area contributed by atoms with E-state index in [1.807, 2.05) is 51.1 Å². The Kier molecular flexibility index (Phi) is 7.03. The van der Waals surface area contributed by atoms with Gasteiger partial charge < -0.3 is 9.47 Å². The highest BCUT2D eigenvalue weighted by atomic mass is 16.6. The van der Waals surface area contributed by atoms with Crippen molar-refractivity contribution in [2.75, 3.05) is 6.61 Å². The van der Waals surface area contributed by atoms with Crippen LogP contribution in [0, 0.1) is 5.92 Å². The second-order valence-corrected chi connectivity index (χ2v) is 7.79. The van der Waals surface area contributed by atoms with Crippen LogP contribution in [0.2, 0.25) is 0 Å². The molecule has 2 rings (SSSR count). The third kappa shape index (κ3) is 6.52. The Hall–Kier alpha value is -1.84. The maximum atomic E-state index is 12.6. The highest BCUT2D eigenvalue weighted by molar-refractivity contribution is 5.78. The van der Waals surface area contributed by atoms with E-state index in [9.17, 15) is 9.59 Å². The Labute approximate surface area is 150 Å². The fraction of sp³-hybridized carbons (Fsp3) is 0.619. The molecule has 0 aromatic heterocycles. The molecule has 1 unspecified atom stereocenters. The van der Waals surface area contributed by atoms with Crippen LogP contribution in [0.3, 0.4) is 0 Å². The molecule has 25 heavy (non-hydrogen) atoms. The molecule has 0 spiro atoms. The lowest BCUT2D eigenvalue weighted by molar-refractivity contribution is -0.157. The first-order chi connectivity index (χ1) is 11.9. The number of carbonyl (C=O) groups is 2. The van der Waals surface area contributed by atoms with Gasteiger partial charge in [-0.15, -0.1) is 0 Å². The van der Waals surface area contributed by atoms with E-state index in [1.165, 1.54) is 0 Å². The van der Waals surface area contributed by atoms with E-state index >= 15 is 0 Å². The Morgan fingerprint density at radius 2 is 1.76 bits per heavy atom. The number of ether oxygens (including phenoxy) is 2. The fourth-order valence-corrected chi connectivity index (χ4v) is 3.22. The molecule has 0 heterocycles. The fourth-order valence-electron chi connectivity index (χ4n) is 3.22. The second-order valence-electron chi connectivity index (χ2n) is 7.79. The monoisotopic (exact) mass is 346 g/mol. The van der Waals surface area contributed by atoms with Gasteiger partial charge >= 0.3 is 11.9 Å². The summed E-state index contributed by atoms with van der Waals surface area (Å²) in [5.41, 5.74) is 0.429. The lowest BCUT2D eigenvalue weighted by atomic mass is 9.94. The molecule has 1 atom stereocenters. The summed E-state index contributed by atoms with van der Waals surface area (Å²) in [4.78, 5) is 24.5. The minimum Gasteiger partial charge on any atom is -0.465 e. The summed E-state index contributed by atoms with van der Waals surface area (Å²) in [5, 5.41) is 0. The van der Waals surface area contributed by atoms with Gasteiger partial charge in [-0.3, -0.25) is 9.59 Å². The zero-order valence-electron chi connectivity index (χ0n) is 15.6. The van der Waals surface area contributed by atoms with Gasteiger partial charge in [0.05, 0.1) is 18.4 Å². The van der Waals surface area contributed by atoms with Gasteiger partial charge in [-0.25, -0.2) is 0 Å². The van der Waals surface area contributed by atoms with Crippen LogP contribution < -0.4 is 0 Å². The summed E-state index contributed by atoms with van der Waals surface area (Å²) in [5.74, 6) is -0.548. The van der Waals surface area contributed by atoms with Crippen molar-refractivity contribution in [3.05, 3.63) is 35.9 Å². The first-order valence-corrected chi connectivity index (χ1v) is 9.31. The Morgan fingerprint density at radius 1 is 1.12 bits per heavy atom. The maximum absolute atomic E-state index is 12.6. The molecule has 0 radical (unpaired) electrons. The first-order valence-electron chi connectivity index (χ1n) is 9.31. The largest absolute Gasteiger partial charge is 0.465 e. The van der Waals surface area contributed by atoms with E-state index < -0.39 is 5.60 Å². The molecule has 138 valence electrons. The van der Waals surface area contributed by atoms with Crippen LogP contribution in [-0.2, 0) is 19.1 Å². The average Bonchev–Trinajstić information content (AvgIpc) is 3.08. The summed E-state index contributed by atoms with van der Waals surface area (Å²) in [6, 6.07) is 9.66. The molecule has 1 aliphatic carbocycles. The summed E-state index contributed by atoms with van der Waals surface area (Å²) >= 11 is 0. The highest BCUT2D eigenvalue weighted by Gasteiger charge is 2.27. The highest BCUT2D eigenvalue weighted by Crippen LogP contribution is 2.27. The van der Waals surface area contributed by atoms with Gasteiger partial charge in [0, 0.05) is 0 Å². The second kappa shape index (κ2) is 9.02. The van der Waals surface area contributed by atoms with E-state index in [0.29, 0.717) is 19.4 Å². The minimum absolute atomic E-state index is 0.0778. The molecule has 1 fully saturated rings. The van der Waals surface area contributed by atoms with Gasteiger partial charge in [-0.1, -0.05) is 43.2 Å². The Morgan fingerprint density at radius 3 is 2.36 bits per heavy atom. The summed E-state index contributed by atoms with van der Waals surface area (Å²) in [6.45, 7) is 5.98. The van der Waals surface area contributed by atoms with Crippen molar-refractivity contribution in [2.45, 2.75) is 70.8 Å². The van der Waals surface area contributed by atoms with Crippen LogP contribution >= 0.6 is 0 Å². The molecule has 1 aliphatic rings. The molecule has 1 aromatic carbocycles. The van der Waals surface area contributed by atoms with Gasteiger partial charge in [0.15, 0.2) is 0 Å². The van der Waals surface area contributed by atoms with Crippen molar-refractivity contribution < 1.29 is 19.1 Å². The Balaban J connectivity index is 1.88. The van der Waals surface area contributed by atoms with Gasteiger partial charge in [0.1, 0.15) is 5.60 Å². The molecule has 0 aliphatic heterocycles. The van der Waals surface area contributed by atoms with Crippen molar-refractivity contribution in [2.24, 2.45) is 5.92 Å². The van der Waals surface area contributed by atoms with Crippen molar-refractivity contribution in [1.29, 1.82) is 0 Å². The molecule has 0 bridgehead atoms. The topological polar surface area (TPSA) is 52.6 Å². The van der Waals surface area contributed by atoms with Crippen LogP contribution in [-0.4, -0.2) is 24.1 Å². The summed E-state index contributed by atoms with van der Waals surface area (Å²) in [6.07, 6.45) is 5.39. The minimum atomic E-state index is -0.515. The predicted octanol–water partition coefficient (Wildman–Crippen LogP) is 4.63. The molecule has 4 nitrogen and oxygen atoms in total. The molecule has 0 saturated heterocycles. The zero-order chi connectivity index (χ0) is 18.3. The molecular weight excluding hydrogens is 316 g/mol. The van der Waals surface area contributed by atoms with Gasteiger partial charge in [0.2, 0.25) is 0 Å². The average molecular weight is 346 g/mol. The summed E-state index contributed by atoms with van der Waals surface area (Å²) < 4.78 is 11.0. The number of benzene rings is 1. The van der Waals surface area contributed by atoms with Crippen LogP contribution in [0.15, 0.2) is 30.3 Å². The number of rotatable bonds is 7. The van der Waals surface area contributed by atoms with E-state index in [1.54, 1.807) is 0 Å². The van der Waals surface area contributed by atoms with Gasteiger partial charge in [-0.2, -0.15) is 0 Å². The lowest BCUT2D eigenvalue weighted by Gasteiger charge is -2.24. The van der Waals surface area contributed by atoms with Crippen LogP contribution in [0.1, 0.15) is 70.8 Å². The number of carbonyl (C=O) groups excluding carboxylic acids is 2. The van der Waals surface area contributed by atoms with Crippen LogP contribution in [0.4, 0.5) is 0 Å². The van der Waals surface area contributed by atoms with Crippen LogP contribution in [0.25, 0.3) is 0 Å². The molecule has 4 heteroatoms. The maximum Gasteiger partial charge on any atom is 0.313 e. The smallest absolute Gasteiger partial charge is 0.313 e. The molecule has 1 aromatic rings. The van der Waals surface area contributed by atoms with E-state index in [-0.39, 0.29) is 23.8 Å². The number of hydrogen-bond donors (Lipinski definition) is 0. The van der Waals surface area contributed by atoms with Crippen molar-refractivity contribution >= 4 is 11.9 Å². The molecule has 0 N–H and O–H groups in total. The van der Waals surface area contributed by atoms with E-state index in [4.69, 9.17) is 9.47 Å². The van der Waals surface area contributed by atoms with Crippen molar-refractivity contribution in [3.8, 4) is 0 Å². The zero-order valence-corrected chi connectivity index (χ0v) is 15.6. The standard InChI is InChI=1S/C21H30O4/c1-21(2,3)25-20(23)18(16-10-5-4-6-11-16)14-9-15-24-19(22)17-12-7-8-13-17/h4-6,10-11,17-18H,7-9,12-15H2,1-3H3. The van der Waals surface area contributed by atoms with Gasteiger partial charge in [0.25, 0.3) is 0 Å². The SMILES string of the molecule is CC(C)(C)OC(=O)C(CCCOC(=O)C1CCCC1)c1ccccc1. The predicted molar refractivity (Wildman–Crippen MR) is 97.2 cm³/mol. The lowest BCUT2D eigenvalue weighted by Crippen LogP contribution is -2.28. The Bertz CT molecular complexity index is 553. The third-order valence-electron chi connectivity index (χ3n) is 4.46. The summed E-state index contributed by atoms with van der Waals surface area (Å²) in [7, 11) is 0. The van der Waals surface area contributed by atoms with Crippen molar-refractivity contribution in [3.63, 3.8) is 0 Å². The quantitative estimate of drug-likeness (QED) is 0.534. The normalized spacial score (nSPS) is 16.4. The molecular formula is C21H30O4. The van der Waals surface area contributed by atoms with E-state index in [0.717, 1.165) is 31.2 Å². The first kappa shape index (κ1) is 19.5. The van der Waals surface area contributed by atoms with Crippen molar-refractivity contribution in [1.82, 2.24) is 0 Å². The third-order valence-corrected chi connectivity index (χ3v) is 4.46. The van der Waals surface area contributed by atoms with Crippen LogP contribution in [0.5, 0.6) is 0 Å². The molecule has 1 saturated carbocycles. The number of hydrogen-bond acceptors (Lipinski definition) is 4. The molecule has 0 amide bonds. The number of esters is 2.